The molecule has 0 bridgehead atoms. The molecule has 2 amide bonds. The molecule has 3 rings (SSSR count). The van der Waals surface area contributed by atoms with Crippen LogP contribution in [0.3, 0.4) is 0 Å². The summed E-state index contributed by atoms with van der Waals surface area (Å²) in [6.07, 6.45) is -6.12. The van der Waals surface area contributed by atoms with Crippen molar-refractivity contribution in [3.63, 3.8) is 0 Å². The molecule has 0 aliphatic carbocycles. The Bertz CT molecular complexity index is 1150. The van der Waals surface area contributed by atoms with Gasteiger partial charge in [0.15, 0.2) is 0 Å². The molecule has 2 aromatic carbocycles. The number of hydrogen-bond acceptors (Lipinski definition) is 5. The SMILES string of the molecule is CC(C)(C)OC(=O)NCc1cccc(N2N=C(C(F)(F)F)CC2C(=O)Nc2ccc(Br)cc2F)c1. The molecule has 1 aliphatic rings. The molecule has 1 atom stereocenters. The van der Waals surface area contributed by atoms with Crippen molar-refractivity contribution in [3.05, 3.63) is 58.3 Å². The van der Waals surface area contributed by atoms with E-state index in [4.69, 9.17) is 4.74 Å². The van der Waals surface area contributed by atoms with E-state index in [1.165, 1.54) is 24.3 Å². The molecule has 0 radical (unpaired) electrons. The summed E-state index contributed by atoms with van der Waals surface area (Å²) in [5.41, 5.74) is -1.26. The van der Waals surface area contributed by atoms with Crippen molar-refractivity contribution in [2.24, 2.45) is 5.10 Å². The Labute approximate surface area is 207 Å². The normalized spacial score (nSPS) is 16.1. The highest BCUT2D eigenvalue weighted by Crippen LogP contribution is 2.32. The first kappa shape index (κ1) is 26.5. The number of halogens is 5. The highest BCUT2D eigenvalue weighted by atomic mass is 79.9. The maximum absolute atomic E-state index is 14.2. The first-order valence-electron chi connectivity index (χ1n) is 10.5. The van der Waals surface area contributed by atoms with Crippen LogP contribution in [-0.4, -0.2) is 35.5 Å². The van der Waals surface area contributed by atoms with Crippen LogP contribution >= 0.6 is 15.9 Å². The number of benzene rings is 2. The third kappa shape index (κ3) is 7.17. The first-order valence-corrected chi connectivity index (χ1v) is 11.3. The summed E-state index contributed by atoms with van der Waals surface area (Å²) in [6.45, 7) is 5.17. The van der Waals surface area contributed by atoms with Crippen LogP contribution in [0.25, 0.3) is 0 Å². The van der Waals surface area contributed by atoms with E-state index in [2.05, 4.69) is 31.7 Å². The average Bonchev–Trinajstić information content (AvgIpc) is 3.20. The summed E-state index contributed by atoms with van der Waals surface area (Å²) in [7, 11) is 0. The van der Waals surface area contributed by atoms with Crippen LogP contribution in [0.1, 0.15) is 32.8 Å². The number of carbonyl (C=O) groups is 2. The number of nitrogens with one attached hydrogen (secondary N) is 2. The van der Waals surface area contributed by atoms with E-state index in [1.807, 2.05) is 0 Å². The molecule has 0 spiro atoms. The lowest BCUT2D eigenvalue weighted by atomic mass is 10.1. The third-order valence-electron chi connectivity index (χ3n) is 4.74. The number of hydrazone groups is 1. The van der Waals surface area contributed by atoms with Crippen LogP contribution < -0.4 is 15.6 Å². The molecule has 1 heterocycles. The van der Waals surface area contributed by atoms with Gasteiger partial charge in [0, 0.05) is 17.4 Å². The molecular formula is C23H23BrF4N4O3. The van der Waals surface area contributed by atoms with Crippen LogP contribution in [0.5, 0.6) is 0 Å². The van der Waals surface area contributed by atoms with E-state index in [0.29, 0.717) is 10.0 Å². The van der Waals surface area contributed by atoms with Crippen molar-refractivity contribution < 1.29 is 31.9 Å². The molecular weight excluding hydrogens is 536 g/mol. The predicted octanol–water partition coefficient (Wildman–Crippen LogP) is 5.75. The summed E-state index contributed by atoms with van der Waals surface area (Å²) < 4.78 is 60.1. The van der Waals surface area contributed by atoms with Gasteiger partial charge in [-0.15, -0.1) is 0 Å². The van der Waals surface area contributed by atoms with Crippen molar-refractivity contribution in [2.45, 2.75) is 51.6 Å². The summed E-state index contributed by atoms with van der Waals surface area (Å²) >= 11 is 3.10. The van der Waals surface area contributed by atoms with Gasteiger partial charge in [-0.3, -0.25) is 9.80 Å². The number of nitrogens with zero attached hydrogens (tertiary/aromatic N) is 2. The van der Waals surface area contributed by atoms with Gasteiger partial charge in [-0.2, -0.15) is 18.3 Å². The molecule has 0 aromatic heterocycles. The van der Waals surface area contributed by atoms with Crippen molar-refractivity contribution in [3.8, 4) is 0 Å². The van der Waals surface area contributed by atoms with Gasteiger partial charge in [0.2, 0.25) is 5.91 Å². The number of alkyl carbamates (subject to hydrolysis) is 1. The van der Waals surface area contributed by atoms with Crippen LogP contribution in [-0.2, 0) is 16.1 Å². The van der Waals surface area contributed by atoms with Crippen molar-refractivity contribution in [2.75, 3.05) is 10.3 Å². The minimum Gasteiger partial charge on any atom is -0.444 e. The second-order valence-corrected chi connectivity index (χ2v) is 9.66. The Balaban J connectivity index is 1.82. The first-order chi connectivity index (χ1) is 16.2. The molecule has 0 fully saturated rings. The van der Waals surface area contributed by atoms with Crippen LogP contribution in [0.15, 0.2) is 52.0 Å². The number of ether oxygens (including phenoxy) is 1. The quantitative estimate of drug-likeness (QED) is 0.458. The van der Waals surface area contributed by atoms with Gasteiger partial charge in [0.25, 0.3) is 0 Å². The highest BCUT2D eigenvalue weighted by Gasteiger charge is 2.45. The van der Waals surface area contributed by atoms with Gasteiger partial charge in [-0.1, -0.05) is 28.1 Å². The number of amides is 2. The number of anilines is 2. The van der Waals surface area contributed by atoms with Crippen molar-refractivity contribution >= 4 is 45.0 Å². The van der Waals surface area contributed by atoms with Crippen molar-refractivity contribution in [1.29, 1.82) is 0 Å². The topological polar surface area (TPSA) is 83.0 Å². The van der Waals surface area contributed by atoms with Crippen LogP contribution in [0, 0.1) is 5.82 Å². The fraction of sp³-hybridized carbons (Fsp3) is 0.348. The van der Waals surface area contributed by atoms with Crippen LogP contribution in [0.4, 0.5) is 33.7 Å². The van der Waals surface area contributed by atoms with Gasteiger partial charge in [0.1, 0.15) is 23.2 Å². The zero-order valence-corrected chi connectivity index (χ0v) is 20.6. The van der Waals surface area contributed by atoms with Gasteiger partial charge in [-0.25, -0.2) is 9.18 Å². The largest absolute Gasteiger partial charge is 0.444 e. The molecule has 7 nitrogen and oxygen atoms in total. The third-order valence-corrected chi connectivity index (χ3v) is 5.23. The number of carbonyl (C=O) groups excluding carboxylic acids is 2. The summed E-state index contributed by atoms with van der Waals surface area (Å²) in [5, 5.41) is 9.50. The second-order valence-electron chi connectivity index (χ2n) is 8.75. The lowest BCUT2D eigenvalue weighted by molar-refractivity contribution is -0.117. The standard InChI is InChI=1S/C23H23BrF4N4O3/c1-22(2,3)35-21(34)29-12-13-5-4-6-15(9-13)32-18(11-19(31-32)23(26,27)28)20(33)30-17-8-7-14(24)10-16(17)25/h4-10,18H,11-12H2,1-3H3,(H,29,34)(H,30,33). The molecule has 1 aliphatic heterocycles. The van der Waals surface area contributed by atoms with E-state index < -0.39 is 47.8 Å². The number of alkyl halides is 3. The Morgan fingerprint density at radius 3 is 2.51 bits per heavy atom. The summed E-state index contributed by atoms with van der Waals surface area (Å²) in [5.74, 6) is -1.60. The van der Waals surface area contributed by atoms with Crippen LogP contribution in [0.2, 0.25) is 0 Å². The molecule has 2 aromatic rings. The Morgan fingerprint density at radius 1 is 1.17 bits per heavy atom. The van der Waals surface area contributed by atoms with E-state index in [1.54, 1.807) is 32.9 Å². The molecule has 0 saturated heterocycles. The van der Waals surface area contributed by atoms with Gasteiger partial charge in [0.05, 0.1) is 11.4 Å². The minimum absolute atomic E-state index is 0.0351. The number of hydrogen-bond donors (Lipinski definition) is 2. The lowest BCUT2D eigenvalue weighted by Gasteiger charge is -2.23. The Morgan fingerprint density at radius 2 is 1.89 bits per heavy atom. The fourth-order valence-electron chi connectivity index (χ4n) is 3.23. The molecule has 12 heteroatoms. The van der Waals surface area contributed by atoms with Crippen molar-refractivity contribution in [1.82, 2.24) is 5.32 Å². The van der Waals surface area contributed by atoms with E-state index >= 15 is 0 Å². The zero-order valence-electron chi connectivity index (χ0n) is 19.0. The molecule has 1 unspecified atom stereocenters. The van der Waals surface area contributed by atoms with Gasteiger partial charge in [-0.05, 0) is 56.7 Å². The zero-order chi connectivity index (χ0) is 26.0. The molecule has 35 heavy (non-hydrogen) atoms. The average molecular weight is 559 g/mol. The van der Waals surface area contributed by atoms with Gasteiger partial charge >= 0.3 is 12.3 Å². The summed E-state index contributed by atoms with van der Waals surface area (Å²) in [6, 6.07) is 8.74. The van der Waals surface area contributed by atoms with E-state index in [0.717, 1.165) is 11.1 Å². The van der Waals surface area contributed by atoms with E-state index in [9.17, 15) is 27.2 Å². The molecule has 2 N–H and O–H groups in total. The number of rotatable bonds is 5. The predicted molar refractivity (Wildman–Crippen MR) is 127 cm³/mol. The molecule has 188 valence electrons. The maximum Gasteiger partial charge on any atom is 0.431 e. The highest BCUT2D eigenvalue weighted by molar-refractivity contribution is 9.10. The van der Waals surface area contributed by atoms with Gasteiger partial charge < -0.3 is 15.4 Å². The summed E-state index contributed by atoms with van der Waals surface area (Å²) in [4.78, 5) is 24.8. The fourth-order valence-corrected chi connectivity index (χ4v) is 3.56. The Hall–Kier alpha value is -3.15. The monoisotopic (exact) mass is 558 g/mol. The smallest absolute Gasteiger partial charge is 0.431 e. The minimum atomic E-state index is -4.74. The lowest BCUT2D eigenvalue weighted by Crippen LogP contribution is -2.39. The maximum atomic E-state index is 14.2. The Kier molecular flexibility index (Phi) is 7.73. The van der Waals surface area contributed by atoms with E-state index in [-0.39, 0.29) is 17.9 Å². The molecule has 0 saturated carbocycles. The second kappa shape index (κ2) is 10.2.